The molecular formula is C31H31N5O2. The van der Waals surface area contributed by atoms with Gasteiger partial charge in [-0.2, -0.15) is 5.10 Å². The number of likely N-dealkylation sites (tertiary alicyclic amines) is 1. The molecule has 0 aliphatic carbocycles. The minimum Gasteiger partial charge on any atom is -0.358 e. The van der Waals surface area contributed by atoms with Crippen LogP contribution in [0.25, 0.3) is 16.9 Å². The Labute approximate surface area is 222 Å². The average molecular weight is 506 g/mol. The Morgan fingerprint density at radius 3 is 2.16 bits per heavy atom. The molecule has 0 saturated carbocycles. The fourth-order valence-corrected chi connectivity index (χ4v) is 5.79. The highest BCUT2D eigenvalue weighted by atomic mass is 16.2. The number of ketones is 1. The summed E-state index contributed by atoms with van der Waals surface area (Å²) in [6, 6.07) is 22.2. The molecule has 38 heavy (non-hydrogen) atoms. The lowest BCUT2D eigenvalue weighted by atomic mass is 9.83. The average Bonchev–Trinajstić information content (AvgIpc) is 3.52. The molecule has 7 heteroatoms. The summed E-state index contributed by atoms with van der Waals surface area (Å²) in [7, 11) is 0. The number of hydrogen-bond acceptors (Lipinski definition) is 5. The van der Waals surface area contributed by atoms with Crippen molar-refractivity contribution in [2.24, 2.45) is 0 Å². The molecule has 2 fully saturated rings. The van der Waals surface area contributed by atoms with Gasteiger partial charge in [-0.1, -0.05) is 35.4 Å². The minimum absolute atomic E-state index is 0.108. The Morgan fingerprint density at radius 2 is 1.53 bits per heavy atom. The number of aromatic nitrogens is 3. The summed E-state index contributed by atoms with van der Waals surface area (Å²) < 4.78 is 1.81. The second-order valence-electron chi connectivity index (χ2n) is 10.4. The number of amides is 1. The third kappa shape index (κ3) is 4.18. The van der Waals surface area contributed by atoms with Crippen LogP contribution in [-0.2, 0) is 4.79 Å². The number of nitrogens with zero attached hydrogens (tertiary/aromatic N) is 5. The van der Waals surface area contributed by atoms with Crippen molar-refractivity contribution in [3.63, 3.8) is 0 Å². The number of carbonyl (C=O) groups is 2. The first-order valence-electron chi connectivity index (χ1n) is 13.2. The number of pyridine rings is 1. The van der Waals surface area contributed by atoms with E-state index in [2.05, 4.69) is 41.1 Å². The van der Waals surface area contributed by atoms with E-state index in [9.17, 15) is 9.59 Å². The van der Waals surface area contributed by atoms with Crippen molar-refractivity contribution in [1.82, 2.24) is 19.7 Å². The third-order valence-electron chi connectivity index (χ3n) is 7.99. The van der Waals surface area contributed by atoms with Crippen molar-refractivity contribution in [2.45, 2.75) is 38.6 Å². The van der Waals surface area contributed by atoms with Gasteiger partial charge < -0.3 is 9.80 Å². The summed E-state index contributed by atoms with van der Waals surface area (Å²) in [5.74, 6) is 0.177. The van der Waals surface area contributed by atoms with E-state index in [0.717, 1.165) is 34.7 Å². The van der Waals surface area contributed by atoms with E-state index in [1.54, 1.807) is 12.4 Å². The Hall–Kier alpha value is -4.26. The summed E-state index contributed by atoms with van der Waals surface area (Å²) in [5, 5.41) is 4.76. The van der Waals surface area contributed by atoms with Crippen LogP contribution in [0, 0.1) is 13.8 Å². The molecule has 0 bridgehead atoms. The molecule has 192 valence electrons. The van der Waals surface area contributed by atoms with Gasteiger partial charge in [0.15, 0.2) is 11.5 Å². The summed E-state index contributed by atoms with van der Waals surface area (Å²) in [4.78, 5) is 35.2. The van der Waals surface area contributed by atoms with E-state index in [4.69, 9.17) is 5.10 Å². The number of Topliss-reactive ketones (excluding diaryl/α,β-unsaturated/α-hetero) is 1. The van der Waals surface area contributed by atoms with Gasteiger partial charge in [-0.15, -0.1) is 0 Å². The van der Waals surface area contributed by atoms with Crippen molar-refractivity contribution in [2.75, 3.05) is 24.5 Å². The molecule has 7 nitrogen and oxygen atoms in total. The van der Waals surface area contributed by atoms with Crippen LogP contribution in [0.4, 0.5) is 5.69 Å². The molecule has 2 aliphatic rings. The SMILES string of the molecule is Cc1ccc(N2CCC(=O)C23CCN(C(=O)c2cc(-c4cccnc4)n(-c4ccc(C)cc4)n2)CC3)cc1. The van der Waals surface area contributed by atoms with Gasteiger partial charge in [-0.3, -0.25) is 14.6 Å². The topological polar surface area (TPSA) is 71.3 Å². The first kappa shape index (κ1) is 24.1. The third-order valence-corrected chi connectivity index (χ3v) is 7.99. The Morgan fingerprint density at radius 1 is 0.868 bits per heavy atom. The first-order chi connectivity index (χ1) is 18.4. The molecule has 2 aromatic heterocycles. The molecule has 2 saturated heterocycles. The van der Waals surface area contributed by atoms with Crippen molar-refractivity contribution in [3.05, 3.63) is 95.9 Å². The van der Waals surface area contributed by atoms with Crippen molar-refractivity contribution >= 4 is 17.4 Å². The molecule has 6 rings (SSSR count). The largest absolute Gasteiger partial charge is 0.358 e. The van der Waals surface area contributed by atoms with Gasteiger partial charge in [-0.05, 0) is 69.2 Å². The molecule has 0 atom stereocenters. The zero-order valence-electron chi connectivity index (χ0n) is 21.8. The van der Waals surface area contributed by atoms with Crippen molar-refractivity contribution < 1.29 is 9.59 Å². The summed E-state index contributed by atoms with van der Waals surface area (Å²) >= 11 is 0. The molecule has 0 unspecified atom stereocenters. The van der Waals surface area contributed by atoms with Gasteiger partial charge in [0, 0.05) is 49.7 Å². The molecular weight excluding hydrogens is 474 g/mol. The van der Waals surface area contributed by atoms with Crippen LogP contribution in [0.5, 0.6) is 0 Å². The lowest BCUT2D eigenvalue weighted by molar-refractivity contribution is -0.123. The van der Waals surface area contributed by atoms with E-state index in [0.29, 0.717) is 38.0 Å². The predicted molar refractivity (Wildman–Crippen MR) is 148 cm³/mol. The molecule has 4 aromatic rings. The standard InChI is InChI=1S/C31H31N5O2/c1-22-5-9-25(10-6-22)35-17-13-29(37)31(35)14-18-34(19-15-31)30(38)27-20-28(24-4-3-16-32-21-24)36(33-27)26-11-7-23(2)8-12-26/h3-12,16,20-21H,13-15,17-19H2,1-2H3. The quantitative estimate of drug-likeness (QED) is 0.390. The summed E-state index contributed by atoms with van der Waals surface area (Å²) in [6.07, 6.45) is 5.32. The Bertz CT molecular complexity index is 1470. The molecule has 2 aromatic carbocycles. The summed E-state index contributed by atoms with van der Waals surface area (Å²) in [6.45, 7) is 5.88. The van der Waals surface area contributed by atoms with Crippen LogP contribution < -0.4 is 4.90 Å². The monoisotopic (exact) mass is 505 g/mol. The lowest BCUT2D eigenvalue weighted by Crippen LogP contribution is -2.56. The lowest BCUT2D eigenvalue weighted by Gasteiger charge is -2.44. The minimum atomic E-state index is -0.534. The van der Waals surface area contributed by atoms with Gasteiger partial charge in [0.25, 0.3) is 5.91 Å². The van der Waals surface area contributed by atoms with E-state index in [1.165, 1.54) is 5.56 Å². The Kier molecular flexibility index (Phi) is 6.06. The second kappa shape index (κ2) is 9.56. The van der Waals surface area contributed by atoms with Gasteiger partial charge in [0.1, 0.15) is 5.54 Å². The maximum atomic E-state index is 13.7. The normalized spacial score (nSPS) is 16.8. The highest BCUT2D eigenvalue weighted by Gasteiger charge is 2.50. The molecule has 0 N–H and O–H groups in total. The van der Waals surface area contributed by atoms with Crippen molar-refractivity contribution in [1.29, 1.82) is 0 Å². The van der Waals surface area contributed by atoms with Gasteiger partial charge in [-0.25, -0.2) is 4.68 Å². The van der Waals surface area contributed by atoms with Gasteiger partial charge in [0.2, 0.25) is 0 Å². The zero-order chi connectivity index (χ0) is 26.3. The van der Waals surface area contributed by atoms with Crippen LogP contribution in [0.2, 0.25) is 0 Å². The second-order valence-corrected chi connectivity index (χ2v) is 10.4. The van der Waals surface area contributed by atoms with Crippen molar-refractivity contribution in [3.8, 4) is 16.9 Å². The molecule has 1 amide bonds. The van der Waals surface area contributed by atoms with Gasteiger partial charge >= 0.3 is 0 Å². The van der Waals surface area contributed by atoms with Crippen LogP contribution in [0.1, 0.15) is 40.9 Å². The molecule has 0 radical (unpaired) electrons. The van der Waals surface area contributed by atoms with E-state index < -0.39 is 5.54 Å². The molecule has 1 spiro atoms. The highest BCUT2D eigenvalue weighted by Crippen LogP contribution is 2.39. The van der Waals surface area contributed by atoms with Crippen LogP contribution >= 0.6 is 0 Å². The fourth-order valence-electron chi connectivity index (χ4n) is 5.79. The Balaban J connectivity index is 1.26. The van der Waals surface area contributed by atoms with E-state index >= 15 is 0 Å². The number of hydrogen-bond donors (Lipinski definition) is 0. The number of anilines is 1. The zero-order valence-corrected chi connectivity index (χ0v) is 21.8. The maximum Gasteiger partial charge on any atom is 0.274 e. The maximum absolute atomic E-state index is 13.7. The van der Waals surface area contributed by atoms with E-state index in [-0.39, 0.29) is 11.7 Å². The molecule has 4 heterocycles. The smallest absolute Gasteiger partial charge is 0.274 e. The van der Waals surface area contributed by atoms with Crippen LogP contribution in [0.3, 0.4) is 0 Å². The number of piperidine rings is 1. The van der Waals surface area contributed by atoms with Gasteiger partial charge in [0.05, 0.1) is 11.4 Å². The first-order valence-corrected chi connectivity index (χ1v) is 13.2. The number of rotatable bonds is 4. The highest BCUT2D eigenvalue weighted by molar-refractivity contribution is 5.97. The van der Waals surface area contributed by atoms with Crippen LogP contribution in [0.15, 0.2) is 79.1 Å². The number of aryl methyl sites for hydroxylation is 2. The van der Waals surface area contributed by atoms with Crippen LogP contribution in [-0.4, -0.2) is 56.5 Å². The van der Waals surface area contributed by atoms with E-state index in [1.807, 2.05) is 59.0 Å². The number of benzene rings is 2. The number of carbonyl (C=O) groups excluding carboxylic acids is 2. The fraction of sp³-hybridized carbons (Fsp3) is 0.290. The summed E-state index contributed by atoms with van der Waals surface area (Å²) in [5.41, 5.74) is 5.89. The predicted octanol–water partition coefficient (Wildman–Crippen LogP) is 5.01. The molecule has 2 aliphatic heterocycles.